The standard InChI is InChI=1S/C10H18N2O/c1-8(7-11)12-5-4-10(2-3-10)6-9(12)13/h8H,2-7,11H2,1H3. The highest BCUT2D eigenvalue weighted by Gasteiger charge is 2.48. The number of carbonyl (C=O) groups is 1. The number of hydrogen-bond acceptors (Lipinski definition) is 2. The summed E-state index contributed by atoms with van der Waals surface area (Å²) in [7, 11) is 0. The van der Waals surface area contributed by atoms with Crippen LogP contribution >= 0.6 is 0 Å². The van der Waals surface area contributed by atoms with Gasteiger partial charge in [0.2, 0.25) is 5.91 Å². The molecule has 1 aliphatic heterocycles. The van der Waals surface area contributed by atoms with Crippen LogP contribution in [0.3, 0.4) is 0 Å². The molecule has 2 rings (SSSR count). The Kier molecular flexibility index (Phi) is 2.06. The third-order valence-corrected chi connectivity index (χ3v) is 3.56. The number of carbonyl (C=O) groups excluding carboxylic acids is 1. The molecule has 1 aliphatic carbocycles. The first-order chi connectivity index (χ1) is 6.17. The fourth-order valence-corrected chi connectivity index (χ4v) is 2.19. The number of rotatable bonds is 2. The van der Waals surface area contributed by atoms with E-state index in [1.807, 2.05) is 11.8 Å². The molecule has 2 fully saturated rings. The Labute approximate surface area is 79.3 Å². The van der Waals surface area contributed by atoms with Gasteiger partial charge in [-0.2, -0.15) is 0 Å². The van der Waals surface area contributed by atoms with Crippen molar-refractivity contribution in [3.05, 3.63) is 0 Å². The van der Waals surface area contributed by atoms with Crippen LogP contribution in [0.4, 0.5) is 0 Å². The van der Waals surface area contributed by atoms with Gasteiger partial charge < -0.3 is 10.6 Å². The second-order valence-electron chi connectivity index (χ2n) is 4.60. The summed E-state index contributed by atoms with van der Waals surface area (Å²) in [5.74, 6) is 0.321. The topological polar surface area (TPSA) is 46.3 Å². The molecule has 0 bridgehead atoms. The van der Waals surface area contributed by atoms with Crippen LogP contribution in [0.15, 0.2) is 0 Å². The lowest BCUT2D eigenvalue weighted by molar-refractivity contribution is -0.137. The fraction of sp³-hybridized carbons (Fsp3) is 0.900. The molecule has 74 valence electrons. The molecule has 0 aromatic rings. The van der Waals surface area contributed by atoms with Crippen molar-refractivity contribution in [2.75, 3.05) is 13.1 Å². The monoisotopic (exact) mass is 182 g/mol. The van der Waals surface area contributed by atoms with Crippen LogP contribution in [0, 0.1) is 5.41 Å². The lowest BCUT2D eigenvalue weighted by Gasteiger charge is -2.35. The summed E-state index contributed by atoms with van der Waals surface area (Å²) < 4.78 is 0. The quantitative estimate of drug-likeness (QED) is 0.684. The van der Waals surface area contributed by atoms with Crippen LogP contribution in [-0.4, -0.2) is 29.9 Å². The average molecular weight is 182 g/mol. The van der Waals surface area contributed by atoms with E-state index in [0.717, 1.165) is 13.0 Å². The number of nitrogens with zero attached hydrogens (tertiary/aromatic N) is 1. The van der Waals surface area contributed by atoms with Crippen LogP contribution in [-0.2, 0) is 4.79 Å². The molecule has 0 aromatic heterocycles. The van der Waals surface area contributed by atoms with Crippen LogP contribution in [0.1, 0.15) is 32.6 Å². The molecule has 2 N–H and O–H groups in total. The number of likely N-dealkylation sites (tertiary alicyclic amines) is 1. The van der Waals surface area contributed by atoms with Gasteiger partial charge in [-0.05, 0) is 31.6 Å². The highest BCUT2D eigenvalue weighted by atomic mass is 16.2. The van der Waals surface area contributed by atoms with Gasteiger partial charge in [-0.1, -0.05) is 0 Å². The van der Waals surface area contributed by atoms with Gasteiger partial charge in [-0.15, -0.1) is 0 Å². The van der Waals surface area contributed by atoms with Crippen molar-refractivity contribution >= 4 is 5.91 Å². The minimum atomic E-state index is 0.226. The average Bonchev–Trinajstić information content (AvgIpc) is 2.84. The Balaban J connectivity index is 1.97. The summed E-state index contributed by atoms with van der Waals surface area (Å²) in [5, 5.41) is 0. The zero-order valence-electron chi connectivity index (χ0n) is 8.25. The molecular weight excluding hydrogens is 164 g/mol. The summed E-state index contributed by atoms with van der Waals surface area (Å²) >= 11 is 0. The second kappa shape index (κ2) is 2.98. The minimum absolute atomic E-state index is 0.226. The fourth-order valence-electron chi connectivity index (χ4n) is 2.19. The van der Waals surface area contributed by atoms with Crippen molar-refractivity contribution in [1.29, 1.82) is 0 Å². The summed E-state index contributed by atoms with van der Waals surface area (Å²) in [4.78, 5) is 13.7. The van der Waals surface area contributed by atoms with Gasteiger partial charge in [-0.3, -0.25) is 4.79 Å². The second-order valence-corrected chi connectivity index (χ2v) is 4.60. The Morgan fingerprint density at radius 2 is 2.23 bits per heavy atom. The number of hydrogen-bond donors (Lipinski definition) is 1. The zero-order valence-corrected chi connectivity index (χ0v) is 8.25. The van der Waals surface area contributed by atoms with Gasteiger partial charge in [-0.25, -0.2) is 0 Å². The Hall–Kier alpha value is -0.570. The highest BCUT2D eigenvalue weighted by Crippen LogP contribution is 2.54. The van der Waals surface area contributed by atoms with E-state index in [1.54, 1.807) is 0 Å². The molecule has 3 heteroatoms. The number of nitrogens with two attached hydrogens (primary N) is 1. The lowest BCUT2D eigenvalue weighted by atomic mass is 9.92. The Bertz CT molecular complexity index is 223. The first kappa shape index (κ1) is 9.00. The molecule has 0 radical (unpaired) electrons. The minimum Gasteiger partial charge on any atom is -0.339 e. The molecule has 2 aliphatic rings. The molecule has 1 saturated carbocycles. The molecule has 1 heterocycles. The number of piperidine rings is 1. The van der Waals surface area contributed by atoms with Crippen LogP contribution < -0.4 is 5.73 Å². The van der Waals surface area contributed by atoms with E-state index >= 15 is 0 Å². The predicted molar refractivity (Wildman–Crippen MR) is 51.1 cm³/mol. The third-order valence-electron chi connectivity index (χ3n) is 3.56. The molecule has 1 saturated heterocycles. The van der Waals surface area contributed by atoms with Crippen molar-refractivity contribution in [3.63, 3.8) is 0 Å². The normalized spacial score (nSPS) is 27.8. The zero-order chi connectivity index (χ0) is 9.47. The van der Waals surface area contributed by atoms with E-state index in [1.165, 1.54) is 19.3 Å². The molecule has 0 aromatic carbocycles. The molecule has 3 nitrogen and oxygen atoms in total. The van der Waals surface area contributed by atoms with E-state index in [4.69, 9.17) is 5.73 Å². The molecule has 1 unspecified atom stereocenters. The van der Waals surface area contributed by atoms with Crippen molar-refractivity contribution in [2.24, 2.45) is 11.1 Å². The van der Waals surface area contributed by atoms with Gasteiger partial charge in [0.1, 0.15) is 0 Å². The maximum Gasteiger partial charge on any atom is 0.223 e. The van der Waals surface area contributed by atoms with Crippen LogP contribution in [0.25, 0.3) is 0 Å². The van der Waals surface area contributed by atoms with Crippen LogP contribution in [0.2, 0.25) is 0 Å². The first-order valence-electron chi connectivity index (χ1n) is 5.16. The summed E-state index contributed by atoms with van der Waals surface area (Å²) in [6.45, 7) is 3.54. The van der Waals surface area contributed by atoms with E-state index in [2.05, 4.69) is 0 Å². The van der Waals surface area contributed by atoms with Gasteiger partial charge in [0.05, 0.1) is 0 Å². The van der Waals surface area contributed by atoms with Crippen molar-refractivity contribution in [1.82, 2.24) is 4.90 Å². The maximum atomic E-state index is 11.7. The van der Waals surface area contributed by atoms with Gasteiger partial charge in [0.25, 0.3) is 0 Å². The smallest absolute Gasteiger partial charge is 0.223 e. The Morgan fingerprint density at radius 3 is 2.69 bits per heavy atom. The molecule has 1 amide bonds. The van der Waals surface area contributed by atoms with Crippen molar-refractivity contribution < 1.29 is 4.79 Å². The largest absolute Gasteiger partial charge is 0.339 e. The van der Waals surface area contributed by atoms with Gasteiger partial charge >= 0.3 is 0 Å². The van der Waals surface area contributed by atoms with Crippen LogP contribution in [0.5, 0.6) is 0 Å². The highest BCUT2D eigenvalue weighted by molar-refractivity contribution is 5.78. The maximum absolute atomic E-state index is 11.7. The molecular formula is C10H18N2O. The van der Waals surface area contributed by atoms with Gasteiger partial charge in [0, 0.05) is 25.6 Å². The van der Waals surface area contributed by atoms with E-state index < -0.39 is 0 Å². The lowest BCUT2D eigenvalue weighted by Crippen LogP contribution is -2.47. The SMILES string of the molecule is CC(CN)N1CCC2(CC2)CC1=O. The van der Waals surface area contributed by atoms with Crippen molar-refractivity contribution in [3.8, 4) is 0 Å². The predicted octanol–water partition coefficient (Wildman–Crippen LogP) is 0.736. The van der Waals surface area contributed by atoms with Crippen molar-refractivity contribution in [2.45, 2.75) is 38.6 Å². The first-order valence-corrected chi connectivity index (χ1v) is 5.16. The Morgan fingerprint density at radius 1 is 1.54 bits per heavy atom. The van der Waals surface area contributed by atoms with Gasteiger partial charge in [0.15, 0.2) is 0 Å². The number of amides is 1. The van der Waals surface area contributed by atoms with E-state index in [-0.39, 0.29) is 6.04 Å². The third kappa shape index (κ3) is 1.57. The summed E-state index contributed by atoms with van der Waals surface area (Å²) in [5.41, 5.74) is 5.99. The summed E-state index contributed by atoms with van der Waals surface area (Å²) in [6, 6.07) is 0.226. The molecule has 1 spiro atoms. The molecule has 13 heavy (non-hydrogen) atoms. The summed E-state index contributed by atoms with van der Waals surface area (Å²) in [6.07, 6.45) is 4.51. The van der Waals surface area contributed by atoms with E-state index in [9.17, 15) is 4.79 Å². The van der Waals surface area contributed by atoms with E-state index in [0.29, 0.717) is 17.9 Å². The molecule has 1 atom stereocenters.